The van der Waals surface area contributed by atoms with Gasteiger partial charge >= 0.3 is 0 Å². The average Bonchev–Trinajstić information content (AvgIpc) is 3.57. The van der Waals surface area contributed by atoms with Crippen LogP contribution in [-0.2, 0) is 13.3 Å². The van der Waals surface area contributed by atoms with Crippen molar-refractivity contribution >= 4 is 44.8 Å². The van der Waals surface area contributed by atoms with Gasteiger partial charge in [0.15, 0.2) is 9.04 Å². The van der Waals surface area contributed by atoms with Gasteiger partial charge in [0, 0.05) is 10.8 Å². The highest BCUT2D eigenvalue weighted by molar-refractivity contribution is 6.99. The molecule has 2 aromatic rings. The normalized spacial score (nSPS) is 21.0. The Bertz CT molecular complexity index is 969. The van der Waals surface area contributed by atoms with Crippen molar-refractivity contribution in [2.75, 3.05) is 0 Å². The second-order valence-corrected chi connectivity index (χ2v) is 25.7. The molecule has 1 saturated heterocycles. The van der Waals surface area contributed by atoms with Crippen LogP contribution in [0.5, 0.6) is 0 Å². The average molecular weight is 601 g/mol. The number of benzene rings is 2. The van der Waals surface area contributed by atoms with E-state index in [4.69, 9.17) is 13.3 Å². The predicted molar refractivity (Wildman–Crippen MR) is 180 cm³/mol. The van der Waals surface area contributed by atoms with Gasteiger partial charge < -0.3 is 13.3 Å². The third-order valence-electron chi connectivity index (χ3n) is 9.73. The molecular weight excluding hydrogens is 545 g/mol. The Labute approximate surface area is 245 Å². The molecule has 218 valence electrons. The van der Waals surface area contributed by atoms with Gasteiger partial charge in [-0.2, -0.15) is 0 Å². The van der Waals surface area contributed by atoms with Gasteiger partial charge in [0.1, 0.15) is 0 Å². The van der Waals surface area contributed by atoms with Crippen LogP contribution in [0.2, 0.25) is 44.3 Å². The maximum Gasteiger partial charge on any atom is 0.261 e. The molecule has 1 aliphatic heterocycles. The second kappa shape index (κ2) is 13.4. The monoisotopic (exact) mass is 600 g/mol. The standard InChI is InChI=1S/C32H56O3Si4/c1-11-29(31(12-2,13-3)34-38(10)26-30(38)33-37(8)9)39(27-22-18-16-19-23-27,28-24-20-17-21-25-28)35-32(14-4,15-5)36(6)7/h16-25,29-30,36-37H,11-15,26H2,1-10H3. The summed E-state index contributed by atoms with van der Waals surface area (Å²) in [4.78, 5) is 0. The quantitative estimate of drug-likeness (QED) is 0.191. The summed E-state index contributed by atoms with van der Waals surface area (Å²) in [5.41, 5.74) is 0.408. The van der Waals surface area contributed by atoms with Crippen molar-refractivity contribution in [3.8, 4) is 0 Å². The highest BCUT2D eigenvalue weighted by atomic mass is 28.4. The van der Waals surface area contributed by atoms with E-state index in [0.29, 0.717) is 5.73 Å². The summed E-state index contributed by atoms with van der Waals surface area (Å²) in [6.07, 6.45) is 5.16. The Balaban J connectivity index is 2.31. The van der Waals surface area contributed by atoms with E-state index >= 15 is 0 Å². The molecule has 1 aliphatic rings. The molecule has 0 amide bonds. The maximum absolute atomic E-state index is 8.06. The summed E-state index contributed by atoms with van der Waals surface area (Å²) in [7, 11) is -7.05. The predicted octanol–water partition coefficient (Wildman–Crippen LogP) is 7.20. The molecule has 0 aromatic heterocycles. The molecule has 1 heterocycles. The third kappa shape index (κ3) is 6.50. The van der Waals surface area contributed by atoms with Crippen LogP contribution in [0.15, 0.2) is 60.7 Å². The minimum Gasteiger partial charge on any atom is -0.418 e. The van der Waals surface area contributed by atoms with Crippen molar-refractivity contribution in [1.82, 2.24) is 0 Å². The largest absolute Gasteiger partial charge is 0.418 e. The zero-order valence-electron chi connectivity index (χ0n) is 26.6. The van der Waals surface area contributed by atoms with Crippen molar-refractivity contribution in [2.45, 2.75) is 128 Å². The molecule has 0 saturated carbocycles. The SMILES string of the molecule is CCC(C(CC)(CC)O[Si]1(C)CC1O[SiH](C)C)[Si](OC(CC)(CC)[SiH](C)C)(c1ccccc1)c1ccccc1. The second-order valence-electron chi connectivity index (χ2n) is 12.5. The van der Waals surface area contributed by atoms with E-state index in [2.05, 4.69) is 128 Å². The van der Waals surface area contributed by atoms with Crippen molar-refractivity contribution in [2.24, 2.45) is 0 Å². The van der Waals surface area contributed by atoms with E-state index in [-0.39, 0.29) is 16.4 Å². The molecule has 39 heavy (non-hydrogen) atoms. The summed E-state index contributed by atoms with van der Waals surface area (Å²) < 4.78 is 22.1. The Kier molecular flexibility index (Phi) is 11.3. The highest BCUT2D eigenvalue weighted by Crippen LogP contribution is 2.51. The van der Waals surface area contributed by atoms with Crippen LogP contribution in [0.25, 0.3) is 0 Å². The lowest BCUT2D eigenvalue weighted by molar-refractivity contribution is 0.0287. The van der Waals surface area contributed by atoms with Gasteiger partial charge in [-0.3, -0.25) is 0 Å². The molecule has 2 aromatic carbocycles. The Morgan fingerprint density at radius 2 is 1.31 bits per heavy atom. The van der Waals surface area contributed by atoms with Gasteiger partial charge in [-0.25, -0.2) is 0 Å². The first-order valence-corrected chi connectivity index (χ1v) is 26.0. The fourth-order valence-electron chi connectivity index (χ4n) is 7.17. The first-order chi connectivity index (χ1) is 18.5. The summed E-state index contributed by atoms with van der Waals surface area (Å²) in [6.45, 7) is 23.8. The van der Waals surface area contributed by atoms with Crippen LogP contribution in [0, 0.1) is 0 Å². The van der Waals surface area contributed by atoms with E-state index in [1.54, 1.807) is 0 Å². The van der Waals surface area contributed by atoms with Crippen molar-refractivity contribution in [3.63, 3.8) is 0 Å². The minimum atomic E-state index is -2.82. The van der Waals surface area contributed by atoms with Crippen LogP contribution >= 0.6 is 0 Å². The van der Waals surface area contributed by atoms with Gasteiger partial charge in [-0.1, -0.05) is 115 Å². The molecule has 3 nitrogen and oxygen atoms in total. The minimum absolute atomic E-state index is 0.0612. The zero-order chi connectivity index (χ0) is 28.9. The smallest absolute Gasteiger partial charge is 0.261 e. The van der Waals surface area contributed by atoms with Crippen LogP contribution < -0.4 is 10.4 Å². The van der Waals surface area contributed by atoms with Crippen molar-refractivity contribution < 1.29 is 13.3 Å². The highest BCUT2D eigenvalue weighted by Gasteiger charge is 2.64. The van der Waals surface area contributed by atoms with Crippen LogP contribution in [-0.4, -0.2) is 51.0 Å². The van der Waals surface area contributed by atoms with Gasteiger partial charge in [-0.05, 0) is 61.7 Å². The molecule has 0 bridgehead atoms. The van der Waals surface area contributed by atoms with Crippen molar-refractivity contribution in [3.05, 3.63) is 60.7 Å². The molecule has 3 atom stereocenters. The van der Waals surface area contributed by atoms with Crippen LogP contribution in [0.3, 0.4) is 0 Å². The molecule has 0 aliphatic carbocycles. The van der Waals surface area contributed by atoms with Gasteiger partial charge in [0.05, 0.1) is 20.1 Å². The molecule has 3 unspecified atom stereocenters. The maximum atomic E-state index is 8.06. The van der Waals surface area contributed by atoms with Gasteiger partial charge in [0.25, 0.3) is 8.32 Å². The summed E-state index contributed by atoms with van der Waals surface area (Å²) in [6, 6.07) is 23.8. The number of hydrogen-bond donors (Lipinski definition) is 0. The van der Waals surface area contributed by atoms with Crippen LogP contribution in [0.4, 0.5) is 0 Å². The van der Waals surface area contributed by atoms with Crippen molar-refractivity contribution in [1.29, 1.82) is 0 Å². The third-order valence-corrected chi connectivity index (χ3v) is 22.4. The first-order valence-electron chi connectivity index (χ1n) is 15.7. The summed E-state index contributed by atoms with van der Waals surface area (Å²) in [5, 5.41) is 2.72. The Morgan fingerprint density at radius 1 is 0.821 bits per heavy atom. The van der Waals surface area contributed by atoms with E-state index in [9.17, 15) is 0 Å². The summed E-state index contributed by atoms with van der Waals surface area (Å²) >= 11 is 0. The van der Waals surface area contributed by atoms with E-state index < -0.39 is 34.5 Å². The fourth-order valence-corrected chi connectivity index (χ4v) is 22.1. The number of hydrogen-bond acceptors (Lipinski definition) is 3. The number of rotatable bonds is 16. The van der Waals surface area contributed by atoms with Gasteiger partial charge in [0.2, 0.25) is 8.32 Å². The van der Waals surface area contributed by atoms with Gasteiger partial charge in [-0.15, -0.1) is 0 Å². The molecule has 0 radical (unpaired) electrons. The van der Waals surface area contributed by atoms with E-state index in [0.717, 1.165) is 38.1 Å². The first kappa shape index (κ1) is 32.7. The molecule has 0 N–H and O–H groups in total. The molecular formula is C32H56O3Si4. The molecule has 0 spiro atoms. The Hall–Kier alpha value is -0.812. The fraction of sp³-hybridized carbons (Fsp3) is 0.625. The lowest BCUT2D eigenvalue weighted by atomic mass is 9.91. The Morgan fingerprint density at radius 3 is 1.67 bits per heavy atom. The summed E-state index contributed by atoms with van der Waals surface area (Å²) in [5.74, 6) is 0. The van der Waals surface area contributed by atoms with E-state index in [1.807, 2.05) is 0 Å². The molecule has 3 rings (SSSR count). The molecule has 1 fully saturated rings. The lowest BCUT2D eigenvalue weighted by Gasteiger charge is -2.54. The molecule has 7 heteroatoms. The zero-order valence-corrected chi connectivity index (χ0v) is 30.9. The topological polar surface area (TPSA) is 27.7 Å². The van der Waals surface area contributed by atoms with Crippen LogP contribution in [0.1, 0.15) is 66.7 Å². The lowest BCUT2D eigenvalue weighted by Crippen LogP contribution is -2.72. The van der Waals surface area contributed by atoms with E-state index in [1.165, 1.54) is 10.4 Å².